The summed E-state index contributed by atoms with van der Waals surface area (Å²) in [6, 6.07) is 15.6. The zero-order chi connectivity index (χ0) is 19.7. The first-order valence-electron chi connectivity index (χ1n) is 9.21. The lowest BCUT2D eigenvalue weighted by Crippen LogP contribution is -2.50. The van der Waals surface area contributed by atoms with Crippen LogP contribution in [0.3, 0.4) is 0 Å². The number of rotatable bonds is 3. The van der Waals surface area contributed by atoms with Gasteiger partial charge >= 0.3 is 6.18 Å². The number of hydrogen-bond acceptors (Lipinski definition) is 4. The Morgan fingerprint density at radius 2 is 1.89 bits per heavy atom. The first-order valence-corrected chi connectivity index (χ1v) is 9.21. The van der Waals surface area contributed by atoms with Gasteiger partial charge in [-0.25, -0.2) is 0 Å². The maximum absolute atomic E-state index is 13.6. The number of alkyl halides is 3. The Morgan fingerprint density at radius 1 is 1.11 bits per heavy atom. The molecule has 0 bridgehead atoms. The lowest BCUT2D eigenvalue weighted by Gasteiger charge is -2.36. The second kappa shape index (κ2) is 7.46. The van der Waals surface area contributed by atoms with Gasteiger partial charge in [0.05, 0.1) is 35.9 Å². The molecular formula is C21H20F3N3O. The van der Waals surface area contributed by atoms with E-state index in [0.29, 0.717) is 19.7 Å². The summed E-state index contributed by atoms with van der Waals surface area (Å²) in [5.74, 6) is 0. The van der Waals surface area contributed by atoms with Crippen molar-refractivity contribution in [3.8, 4) is 6.07 Å². The van der Waals surface area contributed by atoms with Crippen LogP contribution in [0.4, 0.5) is 18.9 Å². The molecule has 2 unspecified atom stereocenters. The van der Waals surface area contributed by atoms with Crippen molar-refractivity contribution in [3.63, 3.8) is 0 Å². The third-order valence-electron chi connectivity index (χ3n) is 5.42. The Kier molecular flexibility index (Phi) is 5.00. The first-order chi connectivity index (χ1) is 13.5. The fraction of sp³-hybridized carbons (Fsp3) is 0.381. The summed E-state index contributed by atoms with van der Waals surface area (Å²) in [5.41, 5.74) is 0.537. The van der Waals surface area contributed by atoms with Crippen LogP contribution in [-0.4, -0.2) is 43.3 Å². The van der Waals surface area contributed by atoms with E-state index in [2.05, 4.69) is 17.0 Å². The summed E-state index contributed by atoms with van der Waals surface area (Å²) >= 11 is 0. The van der Waals surface area contributed by atoms with Crippen LogP contribution in [0.5, 0.6) is 0 Å². The summed E-state index contributed by atoms with van der Waals surface area (Å²) < 4.78 is 46.6. The molecule has 2 saturated heterocycles. The van der Waals surface area contributed by atoms with Crippen LogP contribution in [0.1, 0.15) is 16.7 Å². The number of hydrogen-bond donors (Lipinski definition) is 0. The van der Waals surface area contributed by atoms with Crippen molar-refractivity contribution in [1.82, 2.24) is 4.90 Å². The highest BCUT2D eigenvalue weighted by molar-refractivity contribution is 5.59. The van der Waals surface area contributed by atoms with Crippen molar-refractivity contribution in [2.45, 2.75) is 24.9 Å². The Bertz CT molecular complexity index is 879. The number of nitriles is 1. The van der Waals surface area contributed by atoms with Crippen LogP contribution in [0.2, 0.25) is 0 Å². The van der Waals surface area contributed by atoms with E-state index in [1.807, 2.05) is 18.2 Å². The van der Waals surface area contributed by atoms with Gasteiger partial charge in [0.15, 0.2) is 0 Å². The van der Waals surface area contributed by atoms with E-state index < -0.39 is 11.7 Å². The summed E-state index contributed by atoms with van der Waals surface area (Å²) in [7, 11) is 0. The average molecular weight is 387 g/mol. The van der Waals surface area contributed by atoms with Gasteiger partial charge in [-0.1, -0.05) is 30.3 Å². The molecular weight excluding hydrogens is 367 g/mol. The van der Waals surface area contributed by atoms with Gasteiger partial charge in [-0.15, -0.1) is 0 Å². The van der Waals surface area contributed by atoms with E-state index in [1.54, 1.807) is 11.0 Å². The molecule has 2 heterocycles. The van der Waals surface area contributed by atoms with Crippen LogP contribution >= 0.6 is 0 Å². The molecule has 7 heteroatoms. The highest BCUT2D eigenvalue weighted by Gasteiger charge is 2.43. The summed E-state index contributed by atoms with van der Waals surface area (Å²) in [5, 5.41) is 8.97. The standard InChI is InChI=1S/C21H20F3N3O/c22-21(23,24)17-10-16(11-25)6-7-18(17)27-13-19-20(14-27)28-9-8-26(19)12-15-4-2-1-3-5-15/h1-7,10,19-20H,8-9,12-14H2. The molecule has 4 rings (SSSR count). The topological polar surface area (TPSA) is 39.5 Å². The highest BCUT2D eigenvalue weighted by atomic mass is 19.4. The largest absolute Gasteiger partial charge is 0.418 e. The van der Waals surface area contributed by atoms with Crippen molar-refractivity contribution in [3.05, 3.63) is 65.2 Å². The smallest absolute Gasteiger partial charge is 0.373 e. The van der Waals surface area contributed by atoms with Crippen molar-refractivity contribution in [1.29, 1.82) is 5.26 Å². The first kappa shape index (κ1) is 18.8. The van der Waals surface area contributed by atoms with Crippen molar-refractivity contribution < 1.29 is 17.9 Å². The molecule has 28 heavy (non-hydrogen) atoms. The van der Waals surface area contributed by atoms with Crippen LogP contribution in [0.25, 0.3) is 0 Å². The van der Waals surface area contributed by atoms with Gasteiger partial charge in [0.2, 0.25) is 0 Å². The minimum absolute atomic E-state index is 0.00893. The van der Waals surface area contributed by atoms with E-state index >= 15 is 0 Å². The lowest BCUT2D eigenvalue weighted by atomic mass is 10.1. The maximum atomic E-state index is 13.6. The molecule has 0 radical (unpaired) electrons. The zero-order valence-corrected chi connectivity index (χ0v) is 15.2. The Hall–Kier alpha value is -2.56. The van der Waals surface area contributed by atoms with Gasteiger partial charge in [-0.2, -0.15) is 18.4 Å². The Labute approximate surface area is 161 Å². The van der Waals surface area contributed by atoms with Gasteiger partial charge in [-0.3, -0.25) is 4.90 Å². The van der Waals surface area contributed by atoms with Crippen LogP contribution in [0.15, 0.2) is 48.5 Å². The van der Waals surface area contributed by atoms with E-state index in [9.17, 15) is 13.2 Å². The number of fused-ring (bicyclic) bond motifs is 1. The summed E-state index contributed by atoms with van der Waals surface area (Å²) in [4.78, 5) is 4.03. The second-order valence-corrected chi connectivity index (χ2v) is 7.18. The second-order valence-electron chi connectivity index (χ2n) is 7.18. The molecule has 2 aliphatic heterocycles. The van der Waals surface area contributed by atoms with Crippen LogP contribution in [-0.2, 0) is 17.5 Å². The molecule has 0 aliphatic carbocycles. The maximum Gasteiger partial charge on any atom is 0.418 e. The number of halogens is 3. The van der Waals surface area contributed by atoms with E-state index in [1.165, 1.54) is 17.7 Å². The van der Waals surface area contributed by atoms with Gasteiger partial charge < -0.3 is 9.64 Å². The quantitative estimate of drug-likeness (QED) is 0.806. The zero-order valence-electron chi connectivity index (χ0n) is 15.2. The monoisotopic (exact) mass is 387 g/mol. The number of benzene rings is 2. The number of morpholine rings is 1. The van der Waals surface area contributed by atoms with Crippen molar-refractivity contribution in [2.24, 2.45) is 0 Å². The van der Waals surface area contributed by atoms with Crippen LogP contribution < -0.4 is 4.90 Å². The molecule has 2 atom stereocenters. The van der Waals surface area contributed by atoms with Crippen molar-refractivity contribution in [2.75, 3.05) is 31.1 Å². The van der Waals surface area contributed by atoms with Gasteiger partial charge in [0.1, 0.15) is 0 Å². The van der Waals surface area contributed by atoms with Crippen LogP contribution in [0, 0.1) is 11.3 Å². The Balaban J connectivity index is 1.58. The lowest BCUT2D eigenvalue weighted by molar-refractivity contribution is -0.137. The van der Waals surface area contributed by atoms with E-state index in [0.717, 1.165) is 19.2 Å². The molecule has 4 nitrogen and oxygen atoms in total. The predicted octanol–water partition coefficient (Wildman–Crippen LogP) is 3.67. The predicted molar refractivity (Wildman–Crippen MR) is 98.8 cm³/mol. The molecule has 0 N–H and O–H groups in total. The fourth-order valence-corrected chi connectivity index (χ4v) is 4.08. The fourth-order valence-electron chi connectivity index (χ4n) is 4.08. The van der Waals surface area contributed by atoms with Gasteiger partial charge in [-0.05, 0) is 23.8 Å². The van der Waals surface area contributed by atoms with E-state index in [4.69, 9.17) is 10.00 Å². The molecule has 146 valence electrons. The molecule has 0 spiro atoms. The third kappa shape index (κ3) is 3.71. The molecule has 0 amide bonds. The SMILES string of the molecule is N#Cc1ccc(N2CC3OCCN(Cc4ccccc4)C3C2)c(C(F)(F)F)c1. The summed E-state index contributed by atoms with van der Waals surface area (Å²) in [6.45, 7) is 2.95. The molecule has 2 fully saturated rings. The average Bonchev–Trinajstić information content (AvgIpc) is 3.13. The minimum atomic E-state index is -4.51. The van der Waals surface area contributed by atoms with Crippen molar-refractivity contribution >= 4 is 5.69 Å². The summed E-state index contributed by atoms with van der Waals surface area (Å²) in [6.07, 6.45) is -4.64. The Morgan fingerprint density at radius 3 is 2.61 bits per heavy atom. The van der Waals surface area contributed by atoms with Gasteiger partial charge in [0, 0.05) is 31.9 Å². The number of ether oxygens (including phenoxy) is 1. The molecule has 0 saturated carbocycles. The van der Waals surface area contributed by atoms with Gasteiger partial charge in [0.25, 0.3) is 0 Å². The molecule has 0 aromatic heterocycles. The molecule has 2 aliphatic rings. The minimum Gasteiger partial charge on any atom is -0.373 e. The highest BCUT2D eigenvalue weighted by Crippen LogP contribution is 2.39. The third-order valence-corrected chi connectivity index (χ3v) is 5.42. The molecule has 2 aromatic rings. The number of anilines is 1. The number of nitrogens with zero attached hydrogens (tertiary/aromatic N) is 3. The van der Waals surface area contributed by atoms with E-state index in [-0.39, 0.29) is 23.4 Å². The normalized spacial score (nSPS) is 22.7. The molecule has 2 aromatic carbocycles.